The van der Waals surface area contributed by atoms with Crippen molar-refractivity contribution >= 4 is 11.4 Å². The van der Waals surface area contributed by atoms with Gasteiger partial charge in [0.15, 0.2) is 0 Å². The van der Waals surface area contributed by atoms with Gasteiger partial charge in [-0.05, 0) is 59.4 Å². The summed E-state index contributed by atoms with van der Waals surface area (Å²) in [6.45, 7) is 2.10. The third-order valence-electron chi connectivity index (χ3n) is 4.47. The van der Waals surface area contributed by atoms with Crippen molar-refractivity contribution in [2.45, 2.75) is 13.3 Å². The van der Waals surface area contributed by atoms with Gasteiger partial charge in [-0.3, -0.25) is 0 Å². The number of nitrogen functional groups attached to an aromatic ring is 2. The van der Waals surface area contributed by atoms with Crippen LogP contribution in [0.5, 0.6) is 0 Å². The predicted octanol–water partition coefficient (Wildman–Crippen LogP) is 4.40. The van der Waals surface area contributed by atoms with E-state index in [1.165, 1.54) is 33.4 Å². The van der Waals surface area contributed by atoms with Crippen LogP contribution in [0.4, 0.5) is 11.4 Å². The maximum Gasteiger partial charge on any atom is 0.0397 e. The van der Waals surface area contributed by atoms with Crippen molar-refractivity contribution in [2.24, 2.45) is 0 Å². The average molecular weight is 286 g/mol. The fourth-order valence-electron chi connectivity index (χ4n) is 3.38. The number of benzene rings is 3. The van der Waals surface area contributed by atoms with Gasteiger partial charge in [-0.2, -0.15) is 0 Å². The first-order valence-corrected chi connectivity index (χ1v) is 7.50. The van der Waals surface area contributed by atoms with Crippen LogP contribution in [0.1, 0.15) is 16.7 Å². The fraction of sp³-hybridized carbons (Fsp3) is 0.100. The maximum absolute atomic E-state index is 6.30. The van der Waals surface area contributed by atoms with E-state index in [9.17, 15) is 0 Å². The third-order valence-corrected chi connectivity index (χ3v) is 4.47. The molecule has 3 aromatic carbocycles. The number of fused-ring (bicyclic) bond motifs is 3. The first-order valence-electron chi connectivity index (χ1n) is 7.50. The number of aryl methyl sites for hydroxylation is 1. The van der Waals surface area contributed by atoms with E-state index < -0.39 is 0 Å². The van der Waals surface area contributed by atoms with E-state index in [4.69, 9.17) is 11.5 Å². The van der Waals surface area contributed by atoms with Gasteiger partial charge in [0.25, 0.3) is 0 Å². The second-order valence-corrected chi connectivity index (χ2v) is 6.02. The number of anilines is 2. The zero-order valence-electron chi connectivity index (χ0n) is 12.6. The molecule has 0 saturated heterocycles. The van der Waals surface area contributed by atoms with Crippen molar-refractivity contribution in [3.05, 3.63) is 71.3 Å². The van der Waals surface area contributed by atoms with E-state index in [-0.39, 0.29) is 0 Å². The molecule has 108 valence electrons. The van der Waals surface area contributed by atoms with Gasteiger partial charge in [-0.1, -0.05) is 42.0 Å². The summed E-state index contributed by atoms with van der Waals surface area (Å²) in [6, 6.07) is 18.9. The van der Waals surface area contributed by atoms with E-state index >= 15 is 0 Å². The van der Waals surface area contributed by atoms with Gasteiger partial charge in [-0.25, -0.2) is 0 Å². The summed E-state index contributed by atoms with van der Waals surface area (Å²) in [5, 5.41) is 0. The van der Waals surface area contributed by atoms with Crippen LogP contribution in [0.2, 0.25) is 0 Å². The van der Waals surface area contributed by atoms with Crippen molar-refractivity contribution in [2.75, 3.05) is 11.5 Å². The van der Waals surface area contributed by atoms with Gasteiger partial charge >= 0.3 is 0 Å². The Bertz CT molecular complexity index is 877. The topological polar surface area (TPSA) is 52.0 Å². The van der Waals surface area contributed by atoms with Gasteiger partial charge in [0, 0.05) is 16.9 Å². The van der Waals surface area contributed by atoms with Crippen molar-refractivity contribution in [1.29, 1.82) is 0 Å². The molecular formula is C20H18N2. The summed E-state index contributed by atoms with van der Waals surface area (Å²) in [5.41, 5.74) is 22.6. The minimum Gasteiger partial charge on any atom is -0.399 e. The fourth-order valence-corrected chi connectivity index (χ4v) is 3.38. The molecule has 0 heterocycles. The van der Waals surface area contributed by atoms with Gasteiger partial charge in [0.05, 0.1) is 0 Å². The average Bonchev–Trinajstić information content (AvgIpc) is 2.85. The highest BCUT2D eigenvalue weighted by Gasteiger charge is 2.23. The highest BCUT2D eigenvalue weighted by Crippen LogP contribution is 2.44. The van der Waals surface area contributed by atoms with Crippen LogP contribution in [0.3, 0.4) is 0 Å². The Morgan fingerprint density at radius 2 is 1.55 bits per heavy atom. The molecule has 2 heteroatoms. The molecule has 0 aromatic heterocycles. The van der Waals surface area contributed by atoms with Gasteiger partial charge in [0.1, 0.15) is 0 Å². The standard InChI is InChI=1S/C20H18N2/c1-12-2-4-13(5-3-12)20-18-11-14-10-15(21)6-7-16(14)17(18)8-9-19(20)22/h2-10H,11,21-22H2,1H3. The molecule has 1 aliphatic carbocycles. The second-order valence-electron chi connectivity index (χ2n) is 6.02. The zero-order chi connectivity index (χ0) is 15.3. The number of hydrogen-bond donors (Lipinski definition) is 2. The second kappa shape index (κ2) is 4.63. The van der Waals surface area contributed by atoms with Crippen molar-refractivity contribution in [3.8, 4) is 22.3 Å². The summed E-state index contributed by atoms with van der Waals surface area (Å²) in [5.74, 6) is 0. The van der Waals surface area contributed by atoms with Crippen molar-refractivity contribution < 1.29 is 0 Å². The third kappa shape index (κ3) is 1.88. The monoisotopic (exact) mass is 286 g/mol. The van der Waals surface area contributed by atoms with E-state index in [1.54, 1.807) is 0 Å². The lowest BCUT2D eigenvalue weighted by molar-refractivity contribution is 1.26. The first-order chi connectivity index (χ1) is 10.6. The molecule has 3 aromatic rings. The molecule has 0 radical (unpaired) electrons. The minimum atomic E-state index is 0.816. The zero-order valence-corrected chi connectivity index (χ0v) is 12.6. The summed E-state index contributed by atoms with van der Waals surface area (Å²) >= 11 is 0. The molecule has 0 bridgehead atoms. The van der Waals surface area contributed by atoms with E-state index in [0.29, 0.717) is 0 Å². The molecule has 0 fully saturated rings. The summed E-state index contributed by atoms with van der Waals surface area (Å²) in [6.07, 6.45) is 0.893. The number of nitrogens with two attached hydrogens (primary N) is 2. The Kier molecular flexibility index (Phi) is 2.73. The van der Waals surface area contributed by atoms with Crippen LogP contribution < -0.4 is 11.5 Å². The van der Waals surface area contributed by atoms with Gasteiger partial charge in [0.2, 0.25) is 0 Å². The molecule has 2 nitrogen and oxygen atoms in total. The lowest BCUT2D eigenvalue weighted by Crippen LogP contribution is -1.95. The van der Waals surface area contributed by atoms with Crippen molar-refractivity contribution in [1.82, 2.24) is 0 Å². The smallest absolute Gasteiger partial charge is 0.0397 e. The van der Waals surface area contributed by atoms with Crippen LogP contribution in [0, 0.1) is 6.92 Å². The van der Waals surface area contributed by atoms with E-state index in [0.717, 1.165) is 23.4 Å². The van der Waals surface area contributed by atoms with Crippen LogP contribution in [0.15, 0.2) is 54.6 Å². The Hall–Kier alpha value is -2.74. The molecule has 0 aliphatic heterocycles. The van der Waals surface area contributed by atoms with Crippen LogP contribution in [-0.4, -0.2) is 0 Å². The Morgan fingerprint density at radius 1 is 0.818 bits per heavy atom. The summed E-state index contributed by atoms with van der Waals surface area (Å²) in [4.78, 5) is 0. The Morgan fingerprint density at radius 3 is 2.32 bits per heavy atom. The van der Waals surface area contributed by atoms with E-state index in [2.05, 4.69) is 49.4 Å². The highest BCUT2D eigenvalue weighted by atomic mass is 14.6. The first kappa shape index (κ1) is 13.0. The summed E-state index contributed by atoms with van der Waals surface area (Å²) in [7, 11) is 0. The minimum absolute atomic E-state index is 0.816. The van der Waals surface area contributed by atoms with Crippen LogP contribution in [-0.2, 0) is 6.42 Å². The number of rotatable bonds is 1. The van der Waals surface area contributed by atoms with Crippen LogP contribution >= 0.6 is 0 Å². The molecule has 4 N–H and O–H groups in total. The Balaban J connectivity index is 1.94. The molecule has 4 rings (SSSR count). The molecule has 0 atom stereocenters. The normalized spacial score (nSPS) is 12.0. The van der Waals surface area contributed by atoms with Gasteiger partial charge in [-0.15, -0.1) is 0 Å². The van der Waals surface area contributed by atoms with Crippen molar-refractivity contribution in [3.63, 3.8) is 0 Å². The highest BCUT2D eigenvalue weighted by molar-refractivity contribution is 5.91. The SMILES string of the molecule is Cc1ccc(-c2c(N)ccc3c2Cc2cc(N)ccc2-3)cc1. The Labute approximate surface area is 130 Å². The number of hydrogen-bond acceptors (Lipinski definition) is 2. The molecule has 0 unspecified atom stereocenters. The molecule has 0 saturated carbocycles. The predicted molar refractivity (Wildman–Crippen MR) is 93.7 cm³/mol. The van der Waals surface area contributed by atoms with Gasteiger partial charge < -0.3 is 11.5 Å². The largest absolute Gasteiger partial charge is 0.399 e. The molecule has 0 spiro atoms. The molecule has 22 heavy (non-hydrogen) atoms. The summed E-state index contributed by atoms with van der Waals surface area (Å²) < 4.78 is 0. The molecular weight excluding hydrogens is 268 g/mol. The van der Waals surface area contributed by atoms with Crippen LogP contribution in [0.25, 0.3) is 22.3 Å². The lowest BCUT2D eigenvalue weighted by Gasteiger charge is -2.12. The molecule has 0 amide bonds. The quantitative estimate of drug-likeness (QED) is 0.510. The van der Waals surface area contributed by atoms with E-state index in [1.807, 2.05) is 12.1 Å². The maximum atomic E-state index is 6.30. The molecule has 1 aliphatic rings. The lowest BCUT2D eigenvalue weighted by atomic mass is 9.93.